The Morgan fingerprint density at radius 1 is 1.11 bits per heavy atom. The number of hydrogen-bond donors (Lipinski definition) is 1. The van der Waals surface area contributed by atoms with Gasteiger partial charge in [0.2, 0.25) is 6.41 Å². The monoisotopic (exact) mass is 507 g/mol. The molecule has 1 amide bonds. The van der Waals surface area contributed by atoms with E-state index in [9.17, 15) is 9.59 Å². The summed E-state index contributed by atoms with van der Waals surface area (Å²) >= 11 is 0. The summed E-state index contributed by atoms with van der Waals surface area (Å²) in [4.78, 5) is 18.9. The molecule has 4 nitrogen and oxygen atoms in total. The van der Waals surface area contributed by atoms with E-state index in [0.29, 0.717) is 24.2 Å². The molecule has 1 N–H and O–H groups in total. The van der Waals surface area contributed by atoms with Gasteiger partial charge in [-0.3, -0.25) is 9.59 Å². The van der Waals surface area contributed by atoms with Crippen LogP contribution in [0.25, 0.3) is 0 Å². The van der Waals surface area contributed by atoms with E-state index in [0.717, 1.165) is 18.4 Å². The molecule has 3 rings (SSSR count). The summed E-state index contributed by atoms with van der Waals surface area (Å²) in [5.41, 5.74) is 4.99. The van der Waals surface area contributed by atoms with Crippen molar-refractivity contribution in [2.45, 2.75) is 140 Å². The van der Waals surface area contributed by atoms with Crippen molar-refractivity contribution in [1.82, 2.24) is 5.32 Å². The molecule has 2 aliphatic rings. The van der Waals surface area contributed by atoms with Crippen LogP contribution in [0.5, 0.6) is 0 Å². The van der Waals surface area contributed by atoms with Crippen LogP contribution in [0, 0.1) is 11.8 Å². The highest BCUT2D eigenvalue weighted by Crippen LogP contribution is 2.52. The molecule has 0 spiro atoms. The van der Waals surface area contributed by atoms with E-state index in [1.165, 1.54) is 37.7 Å². The molecule has 36 heavy (non-hydrogen) atoms. The summed E-state index contributed by atoms with van der Waals surface area (Å²) in [6, 6.07) is 7.35. The molecule has 0 bridgehead atoms. The van der Waals surface area contributed by atoms with Crippen LogP contribution < -0.4 is 5.32 Å². The second-order valence-electron chi connectivity index (χ2n) is 10.5. The van der Waals surface area contributed by atoms with E-state index in [1.807, 2.05) is 55.4 Å². The van der Waals surface area contributed by atoms with Gasteiger partial charge in [-0.25, -0.2) is 0 Å². The predicted molar refractivity (Wildman–Crippen MR) is 159 cm³/mol. The molecular formula is C32H61NO3. The minimum Gasteiger partial charge on any atom is -0.462 e. The van der Waals surface area contributed by atoms with Crippen LogP contribution in [0.4, 0.5) is 0 Å². The van der Waals surface area contributed by atoms with Crippen LogP contribution in [0.15, 0.2) is 18.2 Å². The van der Waals surface area contributed by atoms with Crippen LogP contribution in [0.3, 0.4) is 0 Å². The maximum absolute atomic E-state index is 9.60. The number of hydrogen-bond acceptors (Lipinski definition) is 3. The van der Waals surface area contributed by atoms with E-state index in [1.54, 1.807) is 11.1 Å². The van der Waals surface area contributed by atoms with E-state index in [-0.39, 0.29) is 13.0 Å². The molecule has 3 atom stereocenters. The van der Waals surface area contributed by atoms with Crippen LogP contribution in [0.1, 0.15) is 139 Å². The Balaban J connectivity index is -0.000000538. The Morgan fingerprint density at radius 3 is 2.08 bits per heavy atom. The van der Waals surface area contributed by atoms with E-state index in [2.05, 4.69) is 55.9 Å². The van der Waals surface area contributed by atoms with Gasteiger partial charge in [0.05, 0.1) is 0 Å². The Hall–Kier alpha value is -1.84. The first-order chi connectivity index (χ1) is 16.5. The lowest BCUT2D eigenvalue weighted by Gasteiger charge is -2.49. The maximum Gasteiger partial charge on any atom is 0.293 e. The van der Waals surface area contributed by atoms with Crippen molar-refractivity contribution < 1.29 is 14.3 Å². The van der Waals surface area contributed by atoms with E-state index >= 15 is 0 Å². The standard InChI is InChI=1S/C19H28.C5H10O2.C3H7NO.2C2H6.CH4/c1-13(2)15-7-10-18-16(12-15)8-9-17-14(3)6-5-11-19(17,18)4;1-5(2,3)7-4-6;1-2-4-3-5;2*1-2;/h7,10,12-14,17H,5-6,8-9,11H2,1-4H3;4H,1-3H3;3H,2H2,1H3,(H,4,5);2*1-2H3;1H4. The molecule has 2 aliphatic carbocycles. The largest absolute Gasteiger partial charge is 0.462 e. The molecule has 0 aromatic heterocycles. The number of amides is 1. The molecule has 1 aromatic carbocycles. The van der Waals surface area contributed by atoms with E-state index in [4.69, 9.17) is 0 Å². The van der Waals surface area contributed by atoms with Crippen molar-refractivity contribution in [3.63, 3.8) is 0 Å². The minimum atomic E-state index is -0.318. The van der Waals surface area contributed by atoms with Crippen molar-refractivity contribution in [2.75, 3.05) is 6.54 Å². The Labute approximate surface area is 225 Å². The van der Waals surface area contributed by atoms with Crippen LogP contribution in [-0.2, 0) is 26.2 Å². The van der Waals surface area contributed by atoms with Gasteiger partial charge in [-0.1, -0.05) is 93.9 Å². The molecule has 0 aliphatic heterocycles. The molecule has 1 saturated carbocycles. The highest BCUT2D eigenvalue weighted by molar-refractivity contribution is 5.45. The molecule has 3 unspecified atom stereocenters. The lowest BCUT2D eigenvalue weighted by molar-refractivity contribution is -0.138. The summed E-state index contributed by atoms with van der Waals surface area (Å²) in [6.45, 7) is 26.1. The summed E-state index contributed by atoms with van der Waals surface area (Å²) < 4.78 is 4.55. The fraction of sp³-hybridized carbons (Fsp3) is 0.750. The van der Waals surface area contributed by atoms with Gasteiger partial charge in [-0.2, -0.15) is 0 Å². The first-order valence-electron chi connectivity index (χ1n) is 13.9. The lowest BCUT2D eigenvalue weighted by atomic mass is 9.55. The van der Waals surface area contributed by atoms with Gasteiger partial charge in [0.25, 0.3) is 6.47 Å². The lowest BCUT2D eigenvalue weighted by Crippen LogP contribution is -2.43. The maximum atomic E-state index is 9.60. The van der Waals surface area contributed by atoms with E-state index < -0.39 is 0 Å². The normalized spacial score (nSPS) is 21.2. The number of ether oxygens (including phenoxy) is 1. The molecule has 1 fully saturated rings. The zero-order chi connectivity index (χ0) is 27.7. The van der Waals surface area contributed by atoms with Crippen LogP contribution in [-0.4, -0.2) is 25.0 Å². The molecule has 0 saturated heterocycles. The third-order valence-corrected chi connectivity index (χ3v) is 6.69. The number of rotatable bonds is 4. The third-order valence-electron chi connectivity index (χ3n) is 6.69. The predicted octanol–water partition coefficient (Wildman–Crippen LogP) is 8.85. The molecule has 212 valence electrons. The minimum absolute atomic E-state index is 0. The van der Waals surface area contributed by atoms with Crippen LogP contribution in [0.2, 0.25) is 0 Å². The fourth-order valence-electron chi connectivity index (χ4n) is 5.02. The highest BCUT2D eigenvalue weighted by Gasteiger charge is 2.44. The van der Waals surface area contributed by atoms with Gasteiger partial charge in [-0.05, 0) is 86.8 Å². The van der Waals surface area contributed by atoms with Crippen molar-refractivity contribution in [3.05, 3.63) is 34.9 Å². The number of aryl methyl sites for hydroxylation is 1. The van der Waals surface area contributed by atoms with Crippen molar-refractivity contribution in [2.24, 2.45) is 11.8 Å². The van der Waals surface area contributed by atoms with Crippen molar-refractivity contribution in [1.29, 1.82) is 0 Å². The number of fused-ring (bicyclic) bond motifs is 3. The number of carbonyl (C=O) groups excluding carboxylic acids is 2. The van der Waals surface area contributed by atoms with Crippen molar-refractivity contribution >= 4 is 12.9 Å². The summed E-state index contributed by atoms with van der Waals surface area (Å²) in [5.74, 6) is 2.48. The SMILES string of the molecule is C.CC.CC.CC(C)(C)OC=O.CC(C)c1ccc2c(c1)CCC1C(C)CCCC21C.CCNC=O. The average Bonchev–Trinajstić information content (AvgIpc) is 2.82. The number of benzene rings is 1. The van der Waals surface area contributed by atoms with Gasteiger partial charge < -0.3 is 10.1 Å². The van der Waals surface area contributed by atoms with Gasteiger partial charge in [0.15, 0.2) is 0 Å². The summed E-state index contributed by atoms with van der Waals surface area (Å²) in [7, 11) is 0. The summed E-state index contributed by atoms with van der Waals surface area (Å²) in [5, 5.41) is 2.43. The average molecular weight is 508 g/mol. The van der Waals surface area contributed by atoms with Crippen LogP contribution >= 0.6 is 0 Å². The quantitative estimate of drug-likeness (QED) is 0.414. The molecule has 1 aromatic rings. The molecule has 0 heterocycles. The zero-order valence-corrected chi connectivity index (χ0v) is 25.1. The first kappa shape index (κ1) is 38.7. The van der Waals surface area contributed by atoms with Gasteiger partial charge in [-0.15, -0.1) is 0 Å². The number of nitrogens with one attached hydrogen (secondary N) is 1. The zero-order valence-electron chi connectivity index (χ0n) is 25.1. The highest BCUT2D eigenvalue weighted by atomic mass is 16.5. The smallest absolute Gasteiger partial charge is 0.293 e. The summed E-state index contributed by atoms with van der Waals surface area (Å²) in [6.07, 6.45) is 7.65. The first-order valence-corrected chi connectivity index (χ1v) is 13.9. The Bertz CT molecular complexity index is 693. The Kier molecular flexibility index (Phi) is 21.8. The van der Waals surface area contributed by atoms with Crippen molar-refractivity contribution in [3.8, 4) is 0 Å². The van der Waals surface area contributed by atoms with Gasteiger partial charge in [0, 0.05) is 6.54 Å². The second-order valence-corrected chi connectivity index (χ2v) is 10.5. The molecule has 4 heteroatoms. The Morgan fingerprint density at radius 2 is 1.69 bits per heavy atom. The molecular weight excluding hydrogens is 446 g/mol. The number of carbonyl (C=O) groups is 2. The van der Waals surface area contributed by atoms with Gasteiger partial charge >= 0.3 is 0 Å². The topological polar surface area (TPSA) is 55.4 Å². The third kappa shape index (κ3) is 12.9. The second kappa shape index (κ2) is 20.2. The van der Waals surface area contributed by atoms with Gasteiger partial charge in [0.1, 0.15) is 5.60 Å². The molecule has 0 radical (unpaired) electrons. The fourth-order valence-corrected chi connectivity index (χ4v) is 5.02.